The van der Waals surface area contributed by atoms with Crippen LogP contribution in [0.1, 0.15) is 54.0 Å². The van der Waals surface area contributed by atoms with E-state index in [2.05, 4.69) is 23.0 Å². The van der Waals surface area contributed by atoms with Crippen molar-refractivity contribution in [2.24, 2.45) is 11.8 Å². The Balaban J connectivity index is 1.34. The number of hydrogen-bond acceptors (Lipinski definition) is 6. The van der Waals surface area contributed by atoms with Gasteiger partial charge in [-0.15, -0.1) is 0 Å². The monoisotopic (exact) mass is 468 g/mol. The molecule has 0 bridgehead atoms. The zero-order valence-corrected chi connectivity index (χ0v) is 20.0. The Morgan fingerprint density at radius 3 is 2.91 bits per heavy atom. The molecule has 9 heteroatoms. The minimum absolute atomic E-state index is 0.0222. The van der Waals surface area contributed by atoms with Crippen LogP contribution in [0.4, 0.5) is 5.82 Å². The number of nitriles is 1. The third-order valence-corrected chi connectivity index (χ3v) is 7.45. The Bertz CT molecular complexity index is 1460. The third-order valence-electron chi connectivity index (χ3n) is 7.45. The van der Waals surface area contributed by atoms with E-state index < -0.39 is 0 Å². The van der Waals surface area contributed by atoms with E-state index >= 15 is 0 Å². The number of anilines is 1. The first kappa shape index (κ1) is 21.6. The van der Waals surface area contributed by atoms with Gasteiger partial charge in [-0.1, -0.05) is 13.0 Å². The van der Waals surface area contributed by atoms with Gasteiger partial charge >= 0.3 is 0 Å². The molecule has 2 aliphatic heterocycles. The van der Waals surface area contributed by atoms with Crippen molar-refractivity contribution < 1.29 is 4.79 Å². The largest absolute Gasteiger partial charge is 0.355 e. The van der Waals surface area contributed by atoms with Gasteiger partial charge in [0.2, 0.25) is 0 Å². The standard InChI is InChI=1S/C26H28N8O/c1-17-14-31(16-19(17)13-27)25-18(2)15-33-24(29-25)12-21(30-33)22-7-3-4-11-32(22)26(35)23-8-5-6-20-9-10-28-34(20)23/h5-6,8-10,12,15,17,19,22H,3-4,7,11,14,16H2,1-2H3/t17-,19+,22-/m0/s1. The highest BCUT2D eigenvalue weighted by molar-refractivity contribution is 5.93. The number of carbonyl (C=O) groups is 1. The van der Waals surface area contributed by atoms with E-state index in [1.165, 1.54) is 0 Å². The minimum atomic E-state index is -0.109. The molecule has 0 N–H and O–H groups in total. The number of hydrogen-bond donors (Lipinski definition) is 0. The number of piperidine rings is 1. The summed E-state index contributed by atoms with van der Waals surface area (Å²) in [4.78, 5) is 22.8. The molecular formula is C26H28N8O. The molecule has 2 saturated heterocycles. The number of rotatable bonds is 3. The molecule has 0 spiro atoms. The van der Waals surface area contributed by atoms with E-state index in [0.29, 0.717) is 24.7 Å². The lowest BCUT2D eigenvalue weighted by atomic mass is 9.99. The van der Waals surface area contributed by atoms with Crippen LogP contribution in [0, 0.1) is 30.1 Å². The van der Waals surface area contributed by atoms with Gasteiger partial charge in [0.1, 0.15) is 11.5 Å². The summed E-state index contributed by atoms with van der Waals surface area (Å²) < 4.78 is 3.53. The minimum Gasteiger partial charge on any atom is -0.355 e. The lowest BCUT2D eigenvalue weighted by Gasteiger charge is -2.34. The molecule has 1 amide bonds. The van der Waals surface area contributed by atoms with Gasteiger partial charge < -0.3 is 9.80 Å². The second kappa shape index (κ2) is 8.38. The molecule has 3 atom stereocenters. The van der Waals surface area contributed by atoms with Crippen molar-refractivity contribution in [3.63, 3.8) is 0 Å². The maximum absolute atomic E-state index is 13.7. The number of fused-ring (bicyclic) bond motifs is 2. The summed E-state index contributed by atoms with van der Waals surface area (Å²) in [5, 5.41) is 18.7. The molecule has 178 valence electrons. The van der Waals surface area contributed by atoms with Crippen LogP contribution in [-0.4, -0.2) is 54.7 Å². The van der Waals surface area contributed by atoms with Crippen LogP contribution in [0.2, 0.25) is 0 Å². The second-order valence-electron chi connectivity index (χ2n) is 9.83. The highest BCUT2D eigenvalue weighted by Crippen LogP contribution is 2.33. The summed E-state index contributed by atoms with van der Waals surface area (Å²) in [5.74, 6) is 1.22. The van der Waals surface area contributed by atoms with Crippen molar-refractivity contribution in [2.75, 3.05) is 24.5 Å². The number of likely N-dealkylation sites (tertiary alicyclic amines) is 1. The summed E-state index contributed by atoms with van der Waals surface area (Å²) in [5.41, 5.74) is 4.12. The number of amides is 1. The van der Waals surface area contributed by atoms with E-state index in [9.17, 15) is 10.1 Å². The average molecular weight is 469 g/mol. The van der Waals surface area contributed by atoms with Gasteiger partial charge in [0.15, 0.2) is 5.65 Å². The molecule has 0 radical (unpaired) electrons. The van der Waals surface area contributed by atoms with E-state index in [-0.39, 0.29) is 17.9 Å². The number of aromatic nitrogens is 5. The van der Waals surface area contributed by atoms with Crippen LogP contribution in [0.5, 0.6) is 0 Å². The molecule has 4 aromatic rings. The van der Waals surface area contributed by atoms with Gasteiger partial charge in [-0.25, -0.2) is 14.0 Å². The van der Waals surface area contributed by atoms with Crippen molar-refractivity contribution >= 4 is 22.9 Å². The fourth-order valence-corrected chi connectivity index (χ4v) is 5.55. The highest BCUT2D eigenvalue weighted by atomic mass is 16.2. The van der Waals surface area contributed by atoms with Crippen LogP contribution < -0.4 is 4.90 Å². The van der Waals surface area contributed by atoms with Crippen LogP contribution in [0.25, 0.3) is 11.2 Å². The fourth-order valence-electron chi connectivity index (χ4n) is 5.55. The van der Waals surface area contributed by atoms with Gasteiger partial charge in [-0.3, -0.25) is 4.79 Å². The summed E-state index contributed by atoms with van der Waals surface area (Å²) >= 11 is 0. The second-order valence-corrected chi connectivity index (χ2v) is 9.83. The van der Waals surface area contributed by atoms with Crippen LogP contribution in [-0.2, 0) is 0 Å². The Labute approximate surface area is 203 Å². The van der Waals surface area contributed by atoms with Crippen LogP contribution in [0.15, 0.2) is 42.7 Å². The fraction of sp³-hybridized carbons (Fsp3) is 0.423. The topological polar surface area (TPSA) is 94.8 Å². The zero-order chi connectivity index (χ0) is 24.1. The Kier molecular flexibility index (Phi) is 5.17. The highest BCUT2D eigenvalue weighted by Gasteiger charge is 2.33. The Hall–Kier alpha value is -3.93. The first-order valence-corrected chi connectivity index (χ1v) is 12.3. The molecule has 0 saturated carbocycles. The maximum atomic E-state index is 13.7. The molecule has 0 unspecified atom stereocenters. The molecule has 2 fully saturated rings. The molecule has 0 aliphatic carbocycles. The number of aryl methyl sites for hydroxylation is 1. The molecule has 6 rings (SSSR count). The van der Waals surface area contributed by atoms with Crippen molar-refractivity contribution in [3.8, 4) is 6.07 Å². The lowest BCUT2D eigenvalue weighted by Crippen LogP contribution is -2.39. The Morgan fingerprint density at radius 2 is 2.09 bits per heavy atom. The molecule has 6 heterocycles. The van der Waals surface area contributed by atoms with Gasteiger partial charge in [0.25, 0.3) is 5.91 Å². The Morgan fingerprint density at radius 1 is 1.20 bits per heavy atom. The molecule has 2 aliphatic rings. The van der Waals surface area contributed by atoms with Gasteiger partial charge in [0.05, 0.1) is 35.4 Å². The van der Waals surface area contributed by atoms with Gasteiger partial charge in [-0.05, 0) is 50.3 Å². The number of nitrogens with zero attached hydrogens (tertiary/aromatic N) is 8. The molecular weight excluding hydrogens is 440 g/mol. The predicted molar refractivity (Wildman–Crippen MR) is 131 cm³/mol. The van der Waals surface area contributed by atoms with E-state index in [4.69, 9.17) is 10.1 Å². The first-order valence-electron chi connectivity index (χ1n) is 12.3. The molecule has 35 heavy (non-hydrogen) atoms. The third kappa shape index (κ3) is 3.60. The van der Waals surface area contributed by atoms with Gasteiger partial charge in [0, 0.05) is 37.5 Å². The summed E-state index contributed by atoms with van der Waals surface area (Å²) in [6.07, 6.45) is 6.61. The molecule has 9 nitrogen and oxygen atoms in total. The summed E-state index contributed by atoms with van der Waals surface area (Å²) in [7, 11) is 0. The van der Waals surface area contributed by atoms with Gasteiger partial charge in [-0.2, -0.15) is 15.5 Å². The van der Waals surface area contributed by atoms with Crippen molar-refractivity contribution in [2.45, 2.75) is 39.2 Å². The quantitative estimate of drug-likeness (QED) is 0.456. The van der Waals surface area contributed by atoms with Crippen molar-refractivity contribution in [1.82, 2.24) is 29.1 Å². The van der Waals surface area contributed by atoms with Crippen molar-refractivity contribution in [3.05, 3.63) is 59.7 Å². The number of carbonyl (C=O) groups excluding carboxylic acids is 1. The van der Waals surface area contributed by atoms with E-state index in [0.717, 1.165) is 54.0 Å². The molecule has 0 aromatic carbocycles. The predicted octanol–water partition coefficient (Wildman–Crippen LogP) is 3.65. The zero-order valence-electron chi connectivity index (χ0n) is 20.0. The van der Waals surface area contributed by atoms with E-state index in [1.807, 2.05) is 52.9 Å². The smallest absolute Gasteiger partial charge is 0.273 e. The lowest BCUT2D eigenvalue weighted by molar-refractivity contribution is 0.0596. The normalized spacial score (nSPS) is 22.7. The number of pyridine rings is 1. The summed E-state index contributed by atoms with van der Waals surface area (Å²) in [6, 6.07) is 11.9. The first-order chi connectivity index (χ1) is 17.0. The van der Waals surface area contributed by atoms with Crippen molar-refractivity contribution in [1.29, 1.82) is 5.26 Å². The average Bonchev–Trinajstić information content (AvgIpc) is 3.60. The van der Waals surface area contributed by atoms with Crippen LogP contribution >= 0.6 is 0 Å². The SMILES string of the molecule is Cc1cn2nc([C@@H]3CCCCN3C(=O)c3cccc4ccnn34)cc2nc1N1C[C@@H](C#N)[C@@H](C)C1. The van der Waals surface area contributed by atoms with E-state index in [1.54, 1.807) is 10.7 Å². The maximum Gasteiger partial charge on any atom is 0.273 e. The summed E-state index contributed by atoms with van der Waals surface area (Å²) in [6.45, 7) is 6.37. The van der Waals surface area contributed by atoms with Crippen LogP contribution in [0.3, 0.4) is 0 Å². The molecule has 4 aromatic heterocycles.